The van der Waals surface area contributed by atoms with Gasteiger partial charge in [0.25, 0.3) is 0 Å². The van der Waals surface area contributed by atoms with Crippen LogP contribution >= 0.6 is 0 Å². The summed E-state index contributed by atoms with van der Waals surface area (Å²) in [6.45, 7) is 5.84. The highest BCUT2D eigenvalue weighted by molar-refractivity contribution is 7.89. The second-order valence-corrected chi connectivity index (χ2v) is 5.19. The molecule has 0 aromatic heterocycles. The summed E-state index contributed by atoms with van der Waals surface area (Å²) >= 11 is 0. The minimum absolute atomic E-state index is 0.0161. The third kappa shape index (κ3) is 4.74. The van der Waals surface area contributed by atoms with Crippen LogP contribution in [-0.4, -0.2) is 27.4 Å². The Hall–Kier alpha value is -0.390. The summed E-state index contributed by atoms with van der Waals surface area (Å²) in [7, 11) is -1.95. The van der Waals surface area contributed by atoms with Crippen LogP contribution < -0.4 is 5.14 Å². The van der Waals surface area contributed by atoms with Crippen molar-refractivity contribution in [3.63, 3.8) is 0 Å². The molecule has 0 aliphatic rings. The molecule has 0 aliphatic heterocycles. The van der Waals surface area contributed by atoms with Gasteiger partial charge in [-0.25, -0.2) is 13.6 Å². The van der Waals surface area contributed by atoms with Gasteiger partial charge in [-0.05, 0) is 18.8 Å². The van der Waals surface area contributed by atoms with E-state index in [0.717, 1.165) is 0 Å². The first-order valence-electron chi connectivity index (χ1n) is 4.55. The van der Waals surface area contributed by atoms with Gasteiger partial charge in [-0.3, -0.25) is 0 Å². The number of allylic oxidation sites excluding steroid dienone is 1. The van der Waals surface area contributed by atoms with Gasteiger partial charge in [0, 0.05) is 13.7 Å². The molecule has 0 saturated carbocycles. The first-order valence-corrected chi connectivity index (χ1v) is 6.15. The zero-order valence-corrected chi connectivity index (χ0v) is 9.59. The number of nitrogens with two attached hydrogens (primary N) is 1. The quantitative estimate of drug-likeness (QED) is 0.649. The summed E-state index contributed by atoms with van der Waals surface area (Å²) in [6, 6.07) is 0. The smallest absolute Gasteiger partial charge is 0.212 e. The molecule has 0 saturated heterocycles. The van der Waals surface area contributed by atoms with Gasteiger partial charge in [0.1, 0.15) is 0 Å². The van der Waals surface area contributed by atoms with Crippen LogP contribution in [0.5, 0.6) is 0 Å². The van der Waals surface area contributed by atoms with Gasteiger partial charge in [0.15, 0.2) is 0 Å². The summed E-state index contributed by atoms with van der Waals surface area (Å²) in [5.74, 6) is -0.0161. The van der Waals surface area contributed by atoms with E-state index < -0.39 is 15.3 Å². The molecule has 0 aliphatic carbocycles. The molecule has 0 spiro atoms. The summed E-state index contributed by atoms with van der Waals surface area (Å²) in [5.41, 5.74) is 0. The fourth-order valence-electron chi connectivity index (χ4n) is 1.42. The van der Waals surface area contributed by atoms with E-state index in [1.165, 1.54) is 0 Å². The van der Waals surface area contributed by atoms with Crippen LogP contribution in [0.2, 0.25) is 0 Å². The van der Waals surface area contributed by atoms with Crippen LogP contribution in [0.15, 0.2) is 12.7 Å². The van der Waals surface area contributed by atoms with Crippen molar-refractivity contribution in [2.24, 2.45) is 11.1 Å². The predicted octanol–water partition coefficient (Wildman–Crippen LogP) is 0.892. The van der Waals surface area contributed by atoms with E-state index in [0.29, 0.717) is 19.4 Å². The molecule has 5 heteroatoms. The first kappa shape index (κ1) is 13.6. The number of hydrogen-bond acceptors (Lipinski definition) is 3. The van der Waals surface area contributed by atoms with Crippen molar-refractivity contribution < 1.29 is 13.2 Å². The lowest BCUT2D eigenvalue weighted by Crippen LogP contribution is -2.34. The monoisotopic (exact) mass is 221 g/mol. The Morgan fingerprint density at radius 2 is 2.14 bits per heavy atom. The molecule has 0 rings (SSSR count). The average Bonchev–Trinajstić information content (AvgIpc) is 2.03. The van der Waals surface area contributed by atoms with Crippen molar-refractivity contribution in [1.29, 1.82) is 0 Å². The lowest BCUT2D eigenvalue weighted by molar-refractivity contribution is 0.188. The van der Waals surface area contributed by atoms with E-state index in [1.54, 1.807) is 13.2 Å². The van der Waals surface area contributed by atoms with Crippen LogP contribution in [0, 0.1) is 5.92 Å². The zero-order chi connectivity index (χ0) is 11.2. The maximum absolute atomic E-state index is 11.2. The van der Waals surface area contributed by atoms with Gasteiger partial charge in [-0.2, -0.15) is 0 Å². The number of primary sulfonamides is 1. The van der Waals surface area contributed by atoms with Gasteiger partial charge in [-0.15, -0.1) is 6.58 Å². The molecule has 2 atom stereocenters. The Bertz CT molecular complexity index is 261. The number of methoxy groups -OCH3 is 1. The fraction of sp³-hybridized carbons (Fsp3) is 0.778. The molecule has 2 N–H and O–H groups in total. The van der Waals surface area contributed by atoms with Crippen molar-refractivity contribution >= 4 is 10.0 Å². The van der Waals surface area contributed by atoms with Crippen molar-refractivity contribution in [1.82, 2.24) is 0 Å². The van der Waals surface area contributed by atoms with Gasteiger partial charge < -0.3 is 4.74 Å². The summed E-state index contributed by atoms with van der Waals surface area (Å²) < 4.78 is 27.3. The van der Waals surface area contributed by atoms with E-state index in [9.17, 15) is 8.42 Å². The Balaban J connectivity index is 4.46. The van der Waals surface area contributed by atoms with Gasteiger partial charge in [0.2, 0.25) is 10.0 Å². The minimum Gasteiger partial charge on any atom is -0.385 e. The largest absolute Gasteiger partial charge is 0.385 e. The minimum atomic E-state index is -3.49. The number of sulfonamides is 1. The molecule has 0 aromatic rings. The summed E-state index contributed by atoms with van der Waals surface area (Å²) in [4.78, 5) is 0. The van der Waals surface area contributed by atoms with Crippen molar-refractivity contribution in [2.45, 2.75) is 25.0 Å². The molecule has 0 bridgehead atoms. The number of ether oxygens (including phenoxy) is 1. The maximum atomic E-state index is 11.2. The second-order valence-electron chi connectivity index (χ2n) is 3.41. The summed E-state index contributed by atoms with van der Waals surface area (Å²) in [5, 5.41) is 4.59. The van der Waals surface area contributed by atoms with E-state index in [2.05, 4.69) is 6.58 Å². The molecule has 0 unspecified atom stereocenters. The standard InChI is InChI=1S/C9H19NO3S/c1-4-5-8(2)9(6-7-13-3)14(10,11)12/h4,8-9H,1,5-7H2,2-3H3,(H2,10,11,12)/t8-,9-/m0/s1. The molecule has 0 fully saturated rings. The molecule has 0 heterocycles. The molecular formula is C9H19NO3S. The number of rotatable bonds is 7. The van der Waals surface area contributed by atoms with Crippen molar-refractivity contribution in [3.8, 4) is 0 Å². The molecular weight excluding hydrogens is 202 g/mol. The highest BCUT2D eigenvalue weighted by Gasteiger charge is 2.26. The Morgan fingerprint density at radius 3 is 2.50 bits per heavy atom. The topological polar surface area (TPSA) is 69.4 Å². The summed E-state index contributed by atoms with van der Waals surface area (Å²) in [6.07, 6.45) is 2.78. The maximum Gasteiger partial charge on any atom is 0.212 e. The van der Waals surface area contributed by atoms with Crippen molar-refractivity contribution in [3.05, 3.63) is 12.7 Å². The highest BCUT2D eigenvalue weighted by atomic mass is 32.2. The molecule has 0 amide bonds. The molecule has 84 valence electrons. The average molecular weight is 221 g/mol. The molecule has 0 aromatic carbocycles. The zero-order valence-electron chi connectivity index (χ0n) is 8.77. The van der Waals surface area contributed by atoms with Crippen molar-refractivity contribution in [2.75, 3.05) is 13.7 Å². The third-order valence-electron chi connectivity index (χ3n) is 2.20. The van der Waals surface area contributed by atoms with Gasteiger partial charge in [0.05, 0.1) is 5.25 Å². The Labute approximate surface area is 86.2 Å². The first-order chi connectivity index (χ1) is 6.43. The lowest BCUT2D eigenvalue weighted by Gasteiger charge is -2.20. The normalized spacial score (nSPS) is 16.2. The third-order valence-corrected chi connectivity index (χ3v) is 3.75. The Morgan fingerprint density at radius 1 is 1.57 bits per heavy atom. The molecule has 14 heavy (non-hydrogen) atoms. The van der Waals surface area contributed by atoms with Crippen LogP contribution in [0.4, 0.5) is 0 Å². The van der Waals surface area contributed by atoms with E-state index in [1.807, 2.05) is 6.92 Å². The van der Waals surface area contributed by atoms with Gasteiger partial charge in [-0.1, -0.05) is 13.0 Å². The van der Waals surface area contributed by atoms with Crippen LogP contribution in [0.3, 0.4) is 0 Å². The van der Waals surface area contributed by atoms with E-state index >= 15 is 0 Å². The molecule has 0 radical (unpaired) electrons. The predicted molar refractivity (Wildman–Crippen MR) is 57.4 cm³/mol. The Kier molecular flexibility index (Phi) is 5.99. The van der Waals surface area contributed by atoms with Gasteiger partial charge >= 0.3 is 0 Å². The van der Waals surface area contributed by atoms with Crippen LogP contribution in [0.25, 0.3) is 0 Å². The molecule has 4 nitrogen and oxygen atoms in total. The number of hydrogen-bond donors (Lipinski definition) is 1. The van der Waals surface area contributed by atoms with Crippen LogP contribution in [-0.2, 0) is 14.8 Å². The fourth-order valence-corrected chi connectivity index (χ4v) is 2.60. The highest BCUT2D eigenvalue weighted by Crippen LogP contribution is 2.18. The van der Waals surface area contributed by atoms with E-state index in [-0.39, 0.29) is 5.92 Å². The van der Waals surface area contributed by atoms with E-state index in [4.69, 9.17) is 9.88 Å². The SMILES string of the molecule is C=CC[C@H](C)[C@H](CCOC)S(N)(=O)=O. The second kappa shape index (κ2) is 6.16. The lowest BCUT2D eigenvalue weighted by atomic mass is 10.0. The van der Waals surface area contributed by atoms with Crippen LogP contribution in [0.1, 0.15) is 19.8 Å².